The lowest BCUT2D eigenvalue weighted by Gasteiger charge is -2.23. The van der Waals surface area contributed by atoms with Gasteiger partial charge in [-0.05, 0) is 31.1 Å². The van der Waals surface area contributed by atoms with E-state index in [0.717, 1.165) is 21.3 Å². The average molecular weight is 503 g/mol. The number of nitrogens with one attached hydrogen (secondary N) is 1. The molecule has 0 aliphatic rings. The van der Waals surface area contributed by atoms with E-state index in [1.54, 1.807) is 13.8 Å². The van der Waals surface area contributed by atoms with E-state index in [1.165, 1.54) is 28.1 Å². The lowest BCUT2D eigenvalue weighted by molar-refractivity contribution is -0.147. The Bertz CT molecular complexity index is 1230. The number of hydrogen-bond acceptors (Lipinski definition) is 7. The minimum atomic E-state index is -1.17. The zero-order chi connectivity index (χ0) is 25.2. The van der Waals surface area contributed by atoms with E-state index in [-0.39, 0.29) is 21.5 Å². The summed E-state index contributed by atoms with van der Waals surface area (Å²) in [7, 11) is 3.88. The van der Waals surface area contributed by atoms with Gasteiger partial charge in [-0.25, -0.2) is 23.3 Å². The standard InChI is InChI=1S/C20H24ClFN4O6S/c1-9(2)15(17(28)31-6)23-16(27)10(3)32-14-8-13(12(22)7-11(14)21)26-18(29)24(4)20(33)25(5)19(26)30/h7-10,15H,1-6H3,(H,23,27)/t10?,15-/m0/s1. The average Bonchev–Trinajstić information content (AvgIpc) is 2.76. The first-order valence-corrected chi connectivity index (χ1v) is 10.5. The first-order valence-electron chi connectivity index (χ1n) is 9.75. The molecule has 1 aromatic carbocycles. The van der Waals surface area contributed by atoms with Crippen LogP contribution in [-0.2, 0) is 28.4 Å². The number of nitrogens with zero attached hydrogens (tertiary/aromatic N) is 3. The molecule has 2 atom stereocenters. The Kier molecular flexibility index (Phi) is 8.20. The fraction of sp³-hybridized carbons (Fsp3) is 0.450. The van der Waals surface area contributed by atoms with Crippen LogP contribution in [0.5, 0.6) is 5.75 Å². The van der Waals surface area contributed by atoms with Gasteiger partial charge in [0.15, 0.2) is 10.9 Å². The Morgan fingerprint density at radius 3 is 2.15 bits per heavy atom. The summed E-state index contributed by atoms with van der Waals surface area (Å²) in [6.07, 6.45) is -1.17. The van der Waals surface area contributed by atoms with E-state index in [2.05, 4.69) is 10.1 Å². The highest BCUT2D eigenvalue weighted by Crippen LogP contribution is 2.29. The topological polar surface area (TPSA) is 114 Å². The lowest BCUT2D eigenvalue weighted by atomic mass is 10.0. The molecule has 1 amide bonds. The van der Waals surface area contributed by atoms with Gasteiger partial charge in [0.1, 0.15) is 17.6 Å². The smallest absolute Gasteiger partial charge is 0.338 e. The molecular weight excluding hydrogens is 479 g/mol. The number of benzene rings is 1. The second-order valence-electron chi connectivity index (χ2n) is 7.55. The predicted molar refractivity (Wildman–Crippen MR) is 121 cm³/mol. The van der Waals surface area contributed by atoms with Crippen LogP contribution in [0.1, 0.15) is 20.8 Å². The van der Waals surface area contributed by atoms with Crippen LogP contribution < -0.4 is 21.4 Å². The maximum Gasteiger partial charge on any atom is 0.338 e. The van der Waals surface area contributed by atoms with Crippen molar-refractivity contribution < 1.29 is 23.5 Å². The summed E-state index contributed by atoms with van der Waals surface area (Å²) < 4.78 is 27.5. The zero-order valence-electron chi connectivity index (χ0n) is 18.8. The van der Waals surface area contributed by atoms with Gasteiger partial charge in [-0.2, -0.15) is 0 Å². The Morgan fingerprint density at radius 1 is 1.12 bits per heavy atom. The highest BCUT2D eigenvalue weighted by atomic mass is 35.5. The number of amides is 1. The highest BCUT2D eigenvalue weighted by molar-refractivity contribution is 7.71. The number of methoxy groups -OCH3 is 1. The molecule has 2 aromatic rings. The molecule has 1 unspecified atom stereocenters. The molecule has 0 saturated heterocycles. The summed E-state index contributed by atoms with van der Waals surface area (Å²) in [5, 5.41) is 2.33. The number of esters is 1. The number of ether oxygens (including phenoxy) is 2. The molecule has 2 rings (SSSR count). The summed E-state index contributed by atoms with van der Waals surface area (Å²) in [6, 6.07) is 0.981. The van der Waals surface area contributed by atoms with Gasteiger partial charge in [-0.3, -0.25) is 13.9 Å². The normalized spacial score (nSPS) is 12.9. The fourth-order valence-electron chi connectivity index (χ4n) is 2.90. The van der Waals surface area contributed by atoms with Gasteiger partial charge in [0.05, 0.1) is 17.8 Å². The molecule has 0 spiro atoms. The highest BCUT2D eigenvalue weighted by Gasteiger charge is 2.28. The van der Waals surface area contributed by atoms with Crippen LogP contribution in [0, 0.1) is 16.5 Å². The summed E-state index contributed by atoms with van der Waals surface area (Å²) in [5.74, 6) is -2.66. The molecule has 0 radical (unpaired) electrons. The molecule has 0 fully saturated rings. The maximum atomic E-state index is 14.7. The first kappa shape index (κ1) is 26.3. The van der Waals surface area contributed by atoms with Gasteiger partial charge in [0.2, 0.25) is 0 Å². The number of carbonyl (C=O) groups is 2. The van der Waals surface area contributed by atoms with Crippen molar-refractivity contribution in [3.8, 4) is 11.4 Å². The number of rotatable bonds is 7. The maximum absolute atomic E-state index is 14.7. The second kappa shape index (κ2) is 10.3. The number of hydrogen-bond donors (Lipinski definition) is 1. The Hall–Kier alpha value is -2.99. The van der Waals surface area contributed by atoms with Crippen molar-refractivity contribution in [3.63, 3.8) is 0 Å². The Balaban J connectivity index is 2.46. The van der Waals surface area contributed by atoms with Crippen LogP contribution in [0.15, 0.2) is 21.7 Å². The minimum Gasteiger partial charge on any atom is -0.479 e. The summed E-state index contributed by atoms with van der Waals surface area (Å²) in [5.41, 5.74) is -2.19. The van der Waals surface area contributed by atoms with Crippen molar-refractivity contribution in [2.45, 2.75) is 32.9 Å². The molecule has 0 aliphatic heterocycles. The van der Waals surface area contributed by atoms with Crippen LogP contribution >= 0.6 is 23.8 Å². The molecule has 13 heteroatoms. The van der Waals surface area contributed by atoms with Crippen LogP contribution in [0.3, 0.4) is 0 Å². The molecular formula is C20H24ClFN4O6S. The van der Waals surface area contributed by atoms with Crippen LogP contribution in [0.2, 0.25) is 5.02 Å². The molecule has 0 aliphatic carbocycles. The van der Waals surface area contributed by atoms with Gasteiger partial charge in [0, 0.05) is 20.2 Å². The second-order valence-corrected chi connectivity index (χ2v) is 8.32. The van der Waals surface area contributed by atoms with E-state index in [4.69, 9.17) is 28.6 Å². The van der Waals surface area contributed by atoms with Gasteiger partial charge < -0.3 is 14.8 Å². The van der Waals surface area contributed by atoms with Crippen molar-refractivity contribution in [2.75, 3.05) is 7.11 Å². The third kappa shape index (κ3) is 5.33. The van der Waals surface area contributed by atoms with Crippen molar-refractivity contribution >= 4 is 35.7 Å². The molecule has 0 saturated carbocycles. The summed E-state index contributed by atoms with van der Waals surface area (Å²) in [6.45, 7) is 4.84. The van der Waals surface area contributed by atoms with E-state index in [9.17, 15) is 23.6 Å². The SMILES string of the molecule is COC(=O)[C@@H](NC(=O)C(C)Oc1cc(-n2c(=O)n(C)c(=S)n(C)c2=O)c(F)cc1Cl)C(C)C. The molecule has 1 heterocycles. The predicted octanol–water partition coefficient (Wildman–Crippen LogP) is 1.48. The summed E-state index contributed by atoms with van der Waals surface area (Å²) >= 11 is 11.1. The number of carbonyl (C=O) groups excluding carboxylic acids is 2. The zero-order valence-corrected chi connectivity index (χ0v) is 20.4. The van der Waals surface area contributed by atoms with E-state index in [1.807, 2.05) is 0 Å². The third-order valence-corrected chi connectivity index (χ3v) is 5.71. The van der Waals surface area contributed by atoms with Crippen LogP contribution in [-0.4, -0.2) is 44.8 Å². The molecule has 1 N–H and O–H groups in total. The van der Waals surface area contributed by atoms with Crippen LogP contribution in [0.4, 0.5) is 4.39 Å². The van der Waals surface area contributed by atoms with Gasteiger partial charge in [-0.1, -0.05) is 25.4 Å². The molecule has 10 nitrogen and oxygen atoms in total. The quantitative estimate of drug-likeness (QED) is 0.450. The van der Waals surface area contributed by atoms with E-state index < -0.39 is 46.9 Å². The monoisotopic (exact) mass is 502 g/mol. The van der Waals surface area contributed by atoms with Gasteiger partial charge >= 0.3 is 17.3 Å². The van der Waals surface area contributed by atoms with Crippen molar-refractivity contribution in [2.24, 2.45) is 20.0 Å². The van der Waals surface area contributed by atoms with E-state index >= 15 is 0 Å². The van der Waals surface area contributed by atoms with Gasteiger partial charge in [0.25, 0.3) is 5.91 Å². The van der Waals surface area contributed by atoms with Crippen molar-refractivity contribution in [1.82, 2.24) is 19.0 Å². The van der Waals surface area contributed by atoms with Crippen molar-refractivity contribution in [1.29, 1.82) is 0 Å². The Labute approximate surface area is 198 Å². The first-order chi connectivity index (χ1) is 15.3. The Morgan fingerprint density at radius 2 is 1.67 bits per heavy atom. The molecule has 180 valence electrons. The third-order valence-electron chi connectivity index (χ3n) is 4.87. The summed E-state index contributed by atoms with van der Waals surface area (Å²) in [4.78, 5) is 49.7. The fourth-order valence-corrected chi connectivity index (χ4v) is 3.25. The van der Waals surface area contributed by atoms with Crippen LogP contribution in [0.25, 0.3) is 5.69 Å². The van der Waals surface area contributed by atoms with Crippen molar-refractivity contribution in [3.05, 3.63) is 48.7 Å². The minimum absolute atomic E-state index is 0.0531. The lowest BCUT2D eigenvalue weighted by Crippen LogP contribution is -2.49. The molecule has 0 bridgehead atoms. The number of aromatic nitrogens is 3. The van der Waals surface area contributed by atoms with E-state index in [0.29, 0.717) is 4.57 Å². The number of halogens is 2. The molecule has 33 heavy (non-hydrogen) atoms. The largest absolute Gasteiger partial charge is 0.479 e. The van der Waals surface area contributed by atoms with Gasteiger partial charge in [-0.15, -0.1) is 0 Å². The molecule has 1 aromatic heterocycles.